The van der Waals surface area contributed by atoms with Crippen LogP contribution in [0.5, 0.6) is 0 Å². The SMILES string of the molecule is CCCNC1CCN(C(=O)C2CCCCC2)CC1C. The number of hydrogen-bond acceptors (Lipinski definition) is 2. The Labute approximate surface area is 118 Å². The molecule has 1 aliphatic heterocycles. The van der Waals surface area contributed by atoms with Crippen molar-refractivity contribution in [1.82, 2.24) is 10.2 Å². The fourth-order valence-corrected chi connectivity index (χ4v) is 3.59. The second-order valence-electron chi connectivity index (χ2n) is 6.45. The average molecular weight is 266 g/mol. The number of rotatable bonds is 4. The van der Waals surface area contributed by atoms with E-state index in [0.29, 0.717) is 23.8 Å². The molecule has 3 nitrogen and oxygen atoms in total. The smallest absolute Gasteiger partial charge is 0.225 e. The summed E-state index contributed by atoms with van der Waals surface area (Å²) in [4.78, 5) is 14.7. The first-order valence-corrected chi connectivity index (χ1v) is 8.24. The third-order valence-corrected chi connectivity index (χ3v) is 4.83. The lowest BCUT2D eigenvalue weighted by Gasteiger charge is -2.39. The second kappa shape index (κ2) is 7.28. The molecular weight excluding hydrogens is 236 g/mol. The van der Waals surface area contributed by atoms with Crippen LogP contribution in [0.1, 0.15) is 58.8 Å². The highest BCUT2D eigenvalue weighted by Gasteiger charge is 2.32. The van der Waals surface area contributed by atoms with Crippen LogP contribution in [0.15, 0.2) is 0 Å². The van der Waals surface area contributed by atoms with E-state index >= 15 is 0 Å². The van der Waals surface area contributed by atoms with Crippen LogP contribution in [0.25, 0.3) is 0 Å². The molecule has 110 valence electrons. The molecule has 2 atom stereocenters. The van der Waals surface area contributed by atoms with Crippen molar-refractivity contribution in [3.05, 3.63) is 0 Å². The normalized spacial score (nSPS) is 29.5. The van der Waals surface area contributed by atoms with E-state index in [1.165, 1.54) is 25.7 Å². The van der Waals surface area contributed by atoms with Crippen molar-refractivity contribution >= 4 is 5.91 Å². The topological polar surface area (TPSA) is 32.3 Å². The molecule has 3 heteroatoms. The maximum Gasteiger partial charge on any atom is 0.225 e. The Morgan fingerprint density at radius 2 is 1.95 bits per heavy atom. The summed E-state index contributed by atoms with van der Waals surface area (Å²) in [7, 11) is 0. The number of hydrogen-bond donors (Lipinski definition) is 1. The molecule has 1 amide bonds. The van der Waals surface area contributed by atoms with Crippen molar-refractivity contribution in [2.45, 2.75) is 64.8 Å². The third kappa shape index (κ3) is 3.95. The Bertz CT molecular complexity index is 286. The van der Waals surface area contributed by atoms with Crippen LogP contribution in [0.4, 0.5) is 0 Å². The van der Waals surface area contributed by atoms with Crippen molar-refractivity contribution in [3.63, 3.8) is 0 Å². The van der Waals surface area contributed by atoms with Gasteiger partial charge in [0.15, 0.2) is 0 Å². The van der Waals surface area contributed by atoms with Gasteiger partial charge in [0, 0.05) is 25.0 Å². The Hall–Kier alpha value is -0.570. The fraction of sp³-hybridized carbons (Fsp3) is 0.938. The molecule has 2 rings (SSSR count). The molecule has 1 heterocycles. The van der Waals surface area contributed by atoms with Gasteiger partial charge in [0.2, 0.25) is 5.91 Å². The molecule has 2 aliphatic rings. The molecular formula is C16H30N2O. The van der Waals surface area contributed by atoms with Gasteiger partial charge in [-0.1, -0.05) is 33.1 Å². The maximum absolute atomic E-state index is 12.5. The molecule has 1 aliphatic carbocycles. The monoisotopic (exact) mass is 266 g/mol. The number of likely N-dealkylation sites (tertiary alicyclic amines) is 1. The first kappa shape index (κ1) is 14.8. The number of amides is 1. The molecule has 1 N–H and O–H groups in total. The Kier molecular flexibility index (Phi) is 5.68. The Balaban J connectivity index is 1.81. The minimum Gasteiger partial charge on any atom is -0.342 e. The van der Waals surface area contributed by atoms with Gasteiger partial charge in [0.1, 0.15) is 0 Å². The zero-order valence-corrected chi connectivity index (χ0v) is 12.7. The van der Waals surface area contributed by atoms with E-state index in [0.717, 1.165) is 38.9 Å². The van der Waals surface area contributed by atoms with Crippen LogP contribution in [0.2, 0.25) is 0 Å². The van der Waals surface area contributed by atoms with Crippen LogP contribution in [0.3, 0.4) is 0 Å². The summed E-state index contributed by atoms with van der Waals surface area (Å²) < 4.78 is 0. The highest BCUT2D eigenvalue weighted by Crippen LogP contribution is 2.27. The first-order chi connectivity index (χ1) is 9.22. The van der Waals surface area contributed by atoms with E-state index in [4.69, 9.17) is 0 Å². The Morgan fingerprint density at radius 1 is 1.21 bits per heavy atom. The zero-order chi connectivity index (χ0) is 13.7. The number of carbonyl (C=O) groups is 1. The fourth-order valence-electron chi connectivity index (χ4n) is 3.59. The van der Waals surface area contributed by atoms with Crippen LogP contribution in [0, 0.1) is 11.8 Å². The molecule has 1 saturated carbocycles. The molecule has 0 aromatic rings. The quantitative estimate of drug-likeness (QED) is 0.848. The first-order valence-electron chi connectivity index (χ1n) is 8.24. The van der Waals surface area contributed by atoms with Crippen molar-refractivity contribution in [2.24, 2.45) is 11.8 Å². The van der Waals surface area contributed by atoms with Gasteiger partial charge in [-0.25, -0.2) is 0 Å². The molecule has 2 unspecified atom stereocenters. The van der Waals surface area contributed by atoms with Gasteiger partial charge in [-0.05, 0) is 38.1 Å². The predicted molar refractivity (Wildman–Crippen MR) is 79.0 cm³/mol. The van der Waals surface area contributed by atoms with E-state index in [9.17, 15) is 4.79 Å². The van der Waals surface area contributed by atoms with Crippen molar-refractivity contribution in [2.75, 3.05) is 19.6 Å². The van der Waals surface area contributed by atoms with Gasteiger partial charge >= 0.3 is 0 Å². The highest BCUT2D eigenvalue weighted by molar-refractivity contribution is 5.79. The molecule has 0 bridgehead atoms. The van der Waals surface area contributed by atoms with E-state index < -0.39 is 0 Å². The van der Waals surface area contributed by atoms with Gasteiger partial charge in [-0.15, -0.1) is 0 Å². The predicted octanol–water partition coefficient (Wildman–Crippen LogP) is 2.80. The van der Waals surface area contributed by atoms with E-state index in [1.807, 2.05) is 0 Å². The summed E-state index contributed by atoms with van der Waals surface area (Å²) in [6.07, 6.45) is 8.39. The molecule has 2 fully saturated rings. The van der Waals surface area contributed by atoms with E-state index in [2.05, 4.69) is 24.1 Å². The van der Waals surface area contributed by atoms with Crippen molar-refractivity contribution in [3.8, 4) is 0 Å². The van der Waals surface area contributed by atoms with Crippen LogP contribution in [-0.2, 0) is 4.79 Å². The maximum atomic E-state index is 12.5. The van der Waals surface area contributed by atoms with Gasteiger partial charge in [0.25, 0.3) is 0 Å². The summed E-state index contributed by atoms with van der Waals surface area (Å²) in [6.45, 7) is 7.51. The summed E-state index contributed by atoms with van der Waals surface area (Å²) >= 11 is 0. The zero-order valence-electron chi connectivity index (χ0n) is 12.7. The van der Waals surface area contributed by atoms with Crippen LogP contribution < -0.4 is 5.32 Å². The van der Waals surface area contributed by atoms with Crippen molar-refractivity contribution in [1.29, 1.82) is 0 Å². The van der Waals surface area contributed by atoms with Crippen LogP contribution in [-0.4, -0.2) is 36.5 Å². The number of nitrogens with zero attached hydrogens (tertiary/aromatic N) is 1. The molecule has 19 heavy (non-hydrogen) atoms. The van der Waals surface area contributed by atoms with Gasteiger partial charge in [-0.2, -0.15) is 0 Å². The minimum absolute atomic E-state index is 0.334. The molecule has 0 spiro atoms. The lowest BCUT2D eigenvalue weighted by molar-refractivity contribution is -0.138. The van der Waals surface area contributed by atoms with Crippen LogP contribution >= 0.6 is 0 Å². The minimum atomic E-state index is 0.334. The lowest BCUT2D eigenvalue weighted by atomic mass is 9.86. The van der Waals surface area contributed by atoms with E-state index in [1.54, 1.807) is 0 Å². The van der Waals surface area contributed by atoms with E-state index in [-0.39, 0.29) is 0 Å². The Morgan fingerprint density at radius 3 is 2.58 bits per heavy atom. The largest absolute Gasteiger partial charge is 0.342 e. The summed E-state index contributed by atoms with van der Waals surface area (Å²) in [5, 5.41) is 3.62. The highest BCUT2D eigenvalue weighted by atomic mass is 16.2. The molecule has 0 aromatic heterocycles. The van der Waals surface area contributed by atoms with Gasteiger partial charge < -0.3 is 10.2 Å². The number of nitrogens with one attached hydrogen (secondary N) is 1. The molecule has 0 radical (unpaired) electrons. The molecule has 0 aromatic carbocycles. The molecule has 1 saturated heterocycles. The summed E-state index contributed by atoms with van der Waals surface area (Å²) in [6, 6.07) is 0.607. The standard InChI is InChI=1S/C16H30N2O/c1-3-10-17-15-9-11-18(12-13(15)2)16(19)14-7-5-4-6-8-14/h13-15,17H,3-12H2,1-2H3. The number of carbonyl (C=O) groups excluding carboxylic acids is 1. The lowest BCUT2D eigenvalue weighted by Crippen LogP contribution is -2.51. The third-order valence-electron chi connectivity index (χ3n) is 4.83. The van der Waals surface area contributed by atoms with Gasteiger partial charge in [-0.3, -0.25) is 4.79 Å². The van der Waals surface area contributed by atoms with Gasteiger partial charge in [0.05, 0.1) is 0 Å². The summed E-state index contributed by atoms with van der Waals surface area (Å²) in [5.74, 6) is 1.37. The second-order valence-corrected chi connectivity index (χ2v) is 6.45. The average Bonchev–Trinajstić information content (AvgIpc) is 2.46. The number of piperidine rings is 1. The van der Waals surface area contributed by atoms with Crippen molar-refractivity contribution < 1.29 is 4.79 Å². The summed E-state index contributed by atoms with van der Waals surface area (Å²) in [5.41, 5.74) is 0.